The second-order valence-corrected chi connectivity index (χ2v) is 7.06. The number of nitrogens with zero attached hydrogens (tertiary/aromatic N) is 5. The molecule has 31 heavy (non-hydrogen) atoms. The Kier molecular flexibility index (Phi) is 5.79. The van der Waals surface area contributed by atoms with Crippen molar-refractivity contribution in [2.45, 2.75) is 34.2 Å². The number of aromatic nitrogens is 3. The van der Waals surface area contributed by atoms with Crippen molar-refractivity contribution in [2.24, 2.45) is 0 Å². The fourth-order valence-electron chi connectivity index (χ4n) is 3.53. The van der Waals surface area contributed by atoms with Gasteiger partial charge in [0, 0.05) is 11.4 Å². The molecule has 0 radical (unpaired) electrons. The molecule has 3 rings (SSSR count). The van der Waals surface area contributed by atoms with Gasteiger partial charge in [0.05, 0.1) is 17.6 Å². The maximum absolute atomic E-state index is 12.8. The molecular weight excluding hydrogens is 400 g/mol. The largest absolute Gasteiger partial charge is 0.497 e. The van der Waals surface area contributed by atoms with Crippen molar-refractivity contribution in [1.82, 2.24) is 14.3 Å². The van der Waals surface area contributed by atoms with Gasteiger partial charge in [-0.1, -0.05) is 0 Å². The number of hydrogen-bond donors (Lipinski definition) is 1. The van der Waals surface area contributed by atoms with Crippen LogP contribution in [-0.2, 0) is 11.3 Å². The fraction of sp³-hybridized carbons (Fsp3) is 0.286. The smallest absolute Gasteiger partial charge is 0.312 e. The molecule has 160 valence electrons. The van der Waals surface area contributed by atoms with Gasteiger partial charge in [-0.05, 0) is 57.5 Å². The Labute approximate surface area is 178 Å². The average molecular weight is 422 g/mol. The topological polar surface area (TPSA) is 128 Å². The quantitative estimate of drug-likeness (QED) is 0.479. The Balaban J connectivity index is 1.98. The third-order valence-corrected chi connectivity index (χ3v) is 5.23. The summed E-state index contributed by atoms with van der Waals surface area (Å²) < 4.78 is 8.27. The highest BCUT2D eigenvalue weighted by Crippen LogP contribution is 2.31. The summed E-state index contributed by atoms with van der Waals surface area (Å²) in [4.78, 5) is 23.5. The first kappa shape index (κ1) is 21.6. The summed E-state index contributed by atoms with van der Waals surface area (Å²) in [6, 6.07) is 9.38. The minimum atomic E-state index is -0.512. The van der Waals surface area contributed by atoms with E-state index in [4.69, 9.17) is 4.74 Å². The number of nitrogens with one attached hydrogen (secondary N) is 1. The van der Waals surface area contributed by atoms with E-state index in [9.17, 15) is 20.2 Å². The van der Waals surface area contributed by atoms with Crippen LogP contribution in [0.5, 0.6) is 5.75 Å². The van der Waals surface area contributed by atoms with Crippen LogP contribution in [0, 0.1) is 49.1 Å². The van der Waals surface area contributed by atoms with Crippen molar-refractivity contribution in [3.63, 3.8) is 0 Å². The third kappa shape index (κ3) is 3.85. The summed E-state index contributed by atoms with van der Waals surface area (Å²) in [5.41, 5.74) is 3.06. The molecule has 0 saturated heterocycles. The Hall–Kier alpha value is -4.13. The minimum Gasteiger partial charge on any atom is -0.497 e. The number of benzene rings is 1. The van der Waals surface area contributed by atoms with Crippen LogP contribution in [0.2, 0.25) is 0 Å². The van der Waals surface area contributed by atoms with Gasteiger partial charge in [0.2, 0.25) is 5.91 Å². The summed E-state index contributed by atoms with van der Waals surface area (Å²) in [6.07, 6.45) is 0. The lowest BCUT2D eigenvalue weighted by atomic mass is 10.2. The Morgan fingerprint density at radius 2 is 1.87 bits per heavy atom. The van der Waals surface area contributed by atoms with Crippen molar-refractivity contribution >= 4 is 17.4 Å². The molecule has 2 heterocycles. The van der Waals surface area contributed by atoms with E-state index in [1.165, 1.54) is 11.6 Å². The lowest BCUT2D eigenvalue weighted by Crippen LogP contribution is -2.22. The van der Waals surface area contributed by atoms with E-state index in [1.54, 1.807) is 30.7 Å². The lowest BCUT2D eigenvalue weighted by Gasteiger charge is -2.14. The maximum Gasteiger partial charge on any atom is 0.312 e. The molecule has 10 nitrogen and oxygen atoms in total. The third-order valence-electron chi connectivity index (χ3n) is 5.23. The second kappa shape index (κ2) is 8.31. The zero-order valence-corrected chi connectivity index (χ0v) is 17.9. The van der Waals surface area contributed by atoms with Crippen LogP contribution in [0.25, 0.3) is 5.69 Å². The Morgan fingerprint density at radius 1 is 1.23 bits per heavy atom. The number of ether oxygens (including phenoxy) is 1. The summed E-state index contributed by atoms with van der Waals surface area (Å²) in [5.74, 6) is 0.565. The van der Waals surface area contributed by atoms with Crippen LogP contribution in [0.3, 0.4) is 0 Å². The molecule has 10 heteroatoms. The highest BCUT2D eigenvalue weighted by atomic mass is 16.6. The maximum atomic E-state index is 12.8. The Bertz CT molecular complexity index is 1210. The van der Waals surface area contributed by atoms with Crippen LogP contribution in [0.1, 0.15) is 28.2 Å². The predicted molar refractivity (Wildman–Crippen MR) is 113 cm³/mol. The number of aryl methyl sites for hydroxylation is 1. The fourth-order valence-corrected chi connectivity index (χ4v) is 3.53. The number of carbonyl (C=O) groups is 1. The summed E-state index contributed by atoms with van der Waals surface area (Å²) in [7, 11) is 1.57. The lowest BCUT2D eigenvalue weighted by molar-refractivity contribution is -0.386. The van der Waals surface area contributed by atoms with Crippen LogP contribution in [0.15, 0.2) is 24.3 Å². The van der Waals surface area contributed by atoms with E-state index in [2.05, 4.69) is 16.5 Å². The van der Waals surface area contributed by atoms with Gasteiger partial charge in [-0.2, -0.15) is 10.4 Å². The van der Waals surface area contributed by atoms with Crippen molar-refractivity contribution in [3.8, 4) is 17.5 Å². The van der Waals surface area contributed by atoms with Gasteiger partial charge < -0.3 is 10.1 Å². The molecule has 0 aliphatic carbocycles. The highest BCUT2D eigenvalue weighted by molar-refractivity contribution is 5.92. The average Bonchev–Trinajstić information content (AvgIpc) is 3.13. The van der Waals surface area contributed by atoms with Gasteiger partial charge in [-0.15, -0.1) is 0 Å². The number of carbonyl (C=O) groups excluding carboxylic acids is 1. The zero-order valence-electron chi connectivity index (χ0n) is 17.9. The SMILES string of the molecule is COc1ccc(-n2c(C)c(C)c(C#N)c2NC(=O)Cn2nc(C)c([N+](=O)[O-])c2C)cc1. The molecule has 1 N–H and O–H groups in total. The first-order valence-corrected chi connectivity index (χ1v) is 9.44. The van der Waals surface area contributed by atoms with Crippen LogP contribution < -0.4 is 10.1 Å². The summed E-state index contributed by atoms with van der Waals surface area (Å²) >= 11 is 0. The molecule has 1 amide bonds. The standard InChI is InChI=1S/C21H22N6O4/c1-12-14(3)26(16-6-8-17(31-5)9-7-16)21(18(12)10-22)23-19(28)11-25-15(4)20(27(29)30)13(2)24-25/h6-9H,11H2,1-5H3,(H,23,28). The van der Waals surface area contributed by atoms with Crippen molar-refractivity contribution in [3.05, 3.63) is 62.6 Å². The number of methoxy groups -OCH3 is 1. The summed E-state index contributed by atoms with van der Waals surface area (Å²) in [6.45, 7) is 6.51. The number of amides is 1. The van der Waals surface area contributed by atoms with Gasteiger partial charge in [-0.25, -0.2) is 0 Å². The normalized spacial score (nSPS) is 10.6. The van der Waals surface area contributed by atoms with E-state index < -0.39 is 10.8 Å². The van der Waals surface area contributed by atoms with E-state index >= 15 is 0 Å². The first-order valence-electron chi connectivity index (χ1n) is 9.44. The first-order chi connectivity index (χ1) is 14.7. The van der Waals surface area contributed by atoms with E-state index in [0.717, 1.165) is 16.9 Å². The molecule has 3 aromatic rings. The molecule has 0 spiro atoms. The highest BCUT2D eigenvalue weighted by Gasteiger charge is 2.24. The monoisotopic (exact) mass is 422 g/mol. The predicted octanol–water partition coefficient (Wildman–Crippen LogP) is 3.33. The number of nitro groups is 1. The Morgan fingerprint density at radius 3 is 2.39 bits per heavy atom. The molecule has 0 unspecified atom stereocenters. The van der Waals surface area contributed by atoms with Crippen LogP contribution in [0.4, 0.5) is 11.5 Å². The van der Waals surface area contributed by atoms with Crippen molar-refractivity contribution in [1.29, 1.82) is 5.26 Å². The zero-order chi connectivity index (χ0) is 22.9. The van der Waals surface area contributed by atoms with Gasteiger partial charge >= 0.3 is 5.69 Å². The number of nitriles is 1. The summed E-state index contributed by atoms with van der Waals surface area (Å²) in [5, 5.41) is 27.8. The number of hydrogen-bond acceptors (Lipinski definition) is 6. The number of anilines is 1. The number of rotatable bonds is 6. The van der Waals surface area contributed by atoms with Crippen LogP contribution in [-0.4, -0.2) is 32.3 Å². The molecule has 0 bridgehead atoms. The van der Waals surface area contributed by atoms with Gasteiger partial charge in [0.1, 0.15) is 35.6 Å². The van der Waals surface area contributed by atoms with Crippen molar-refractivity contribution < 1.29 is 14.5 Å². The molecular formula is C21H22N6O4. The van der Waals surface area contributed by atoms with Gasteiger partial charge in [-0.3, -0.25) is 24.2 Å². The molecule has 2 aromatic heterocycles. The minimum absolute atomic E-state index is 0.112. The molecule has 0 fully saturated rings. The molecule has 0 aliphatic rings. The van der Waals surface area contributed by atoms with E-state index in [0.29, 0.717) is 17.1 Å². The molecule has 1 aromatic carbocycles. The van der Waals surface area contributed by atoms with E-state index in [-0.39, 0.29) is 23.6 Å². The van der Waals surface area contributed by atoms with Gasteiger partial charge in [0.25, 0.3) is 0 Å². The van der Waals surface area contributed by atoms with Crippen molar-refractivity contribution in [2.75, 3.05) is 12.4 Å². The molecule has 0 aliphatic heterocycles. The second-order valence-electron chi connectivity index (χ2n) is 7.06. The molecule has 0 atom stereocenters. The van der Waals surface area contributed by atoms with Crippen LogP contribution >= 0.6 is 0 Å². The van der Waals surface area contributed by atoms with E-state index in [1.807, 2.05) is 26.0 Å². The van der Waals surface area contributed by atoms with Gasteiger partial charge in [0.15, 0.2) is 0 Å². The molecule has 0 saturated carbocycles.